The molecule has 2 aliphatic rings. The van der Waals surface area contributed by atoms with Crippen molar-refractivity contribution in [3.63, 3.8) is 0 Å². The van der Waals surface area contributed by atoms with E-state index in [2.05, 4.69) is 22.6 Å². The molecule has 2 fully saturated rings. The average Bonchev–Trinajstić information content (AvgIpc) is 3.39. The van der Waals surface area contributed by atoms with Gasteiger partial charge in [0.1, 0.15) is 0 Å². The summed E-state index contributed by atoms with van der Waals surface area (Å²) in [7, 11) is 0. The second-order valence-corrected chi connectivity index (χ2v) is 6.32. The molecular formula is C17H19N3. The fourth-order valence-electron chi connectivity index (χ4n) is 3.17. The standard InChI is InChI=1S/C17H19N3/c18-7-12-3-4-17-15(5-12)16(10-20-17)14-6-13(14)9-19-8-11-1-2-11/h3-5,10-11,13-14,19-20H,1-2,6,8-9H2. The lowest BCUT2D eigenvalue weighted by molar-refractivity contribution is 0.596. The molecule has 0 aliphatic heterocycles. The van der Waals surface area contributed by atoms with E-state index in [9.17, 15) is 0 Å². The minimum absolute atomic E-state index is 0.671. The quantitative estimate of drug-likeness (QED) is 0.872. The van der Waals surface area contributed by atoms with Crippen LogP contribution in [0.4, 0.5) is 0 Å². The summed E-state index contributed by atoms with van der Waals surface area (Å²) in [5.74, 6) is 2.40. The highest BCUT2D eigenvalue weighted by Crippen LogP contribution is 2.49. The number of hydrogen-bond donors (Lipinski definition) is 2. The Hall–Kier alpha value is -1.79. The van der Waals surface area contributed by atoms with Crippen LogP contribution in [0.25, 0.3) is 10.9 Å². The van der Waals surface area contributed by atoms with Crippen LogP contribution in [-0.2, 0) is 0 Å². The summed E-state index contributed by atoms with van der Waals surface area (Å²) < 4.78 is 0. The first-order valence-electron chi connectivity index (χ1n) is 7.57. The van der Waals surface area contributed by atoms with Gasteiger partial charge in [0.15, 0.2) is 0 Å². The summed E-state index contributed by atoms with van der Waals surface area (Å²) in [6.07, 6.45) is 6.25. The van der Waals surface area contributed by atoms with Crippen LogP contribution in [0.3, 0.4) is 0 Å². The lowest BCUT2D eigenvalue weighted by Crippen LogP contribution is -2.19. The number of nitriles is 1. The van der Waals surface area contributed by atoms with Crippen molar-refractivity contribution in [2.45, 2.75) is 25.2 Å². The Morgan fingerprint density at radius 3 is 3.00 bits per heavy atom. The van der Waals surface area contributed by atoms with Crippen molar-refractivity contribution in [1.29, 1.82) is 5.26 Å². The minimum atomic E-state index is 0.671. The molecule has 3 nitrogen and oxygen atoms in total. The van der Waals surface area contributed by atoms with Gasteiger partial charge in [-0.2, -0.15) is 5.26 Å². The Morgan fingerprint density at radius 2 is 2.20 bits per heavy atom. The molecule has 2 aromatic rings. The predicted molar refractivity (Wildman–Crippen MR) is 79.5 cm³/mol. The van der Waals surface area contributed by atoms with Crippen LogP contribution in [0.15, 0.2) is 24.4 Å². The van der Waals surface area contributed by atoms with Crippen LogP contribution >= 0.6 is 0 Å². The Morgan fingerprint density at radius 1 is 1.30 bits per heavy atom. The van der Waals surface area contributed by atoms with Gasteiger partial charge < -0.3 is 10.3 Å². The molecule has 3 heteroatoms. The Labute approximate surface area is 119 Å². The smallest absolute Gasteiger partial charge is 0.0991 e. The Bertz CT molecular complexity index is 675. The molecule has 2 saturated carbocycles. The second kappa shape index (κ2) is 4.64. The van der Waals surface area contributed by atoms with Crippen LogP contribution in [0.5, 0.6) is 0 Å². The number of benzene rings is 1. The summed E-state index contributed by atoms with van der Waals surface area (Å²) >= 11 is 0. The van der Waals surface area contributed by atoms with Crippen molar-refractivity contribution in [3.05, 3.63) is 35.5 Å². The van der Waals surface area contributed by atoms with E-state index >= 15 is 0 Å². The molecule has 2 N–H and O–H groups in total. The molecule has 0 bridgehead atoms. The summed E-state index contributed by atoms with van der Waals surface area (Å²) in [4.78, 5) is 3.34. The number of H-pyrrole nitrogens is 1. The third kappa shape index (κ3) is 2.21. The van der Waals surface area contributed by atoms with E-state index in [0.717, 1.165) is 29.5 Å². The van der Waals surface area contributed by atoms with E-state index in [0.29, 0.717) is 5.92 Å². The highest BCUT2D eigenvalue weighted by molar-refractivity contribution is 5.85. The van der Waals surface area contributed by atoms with Crippen molar-refractivity contribution >= 4 is 10.9 Å². The Kier molecular flexibility index (Phi) is 2.78. The molecule has 20 heavy (non-hydrogen) atoms. The third-order valence-corrected chi connectivity index (χ3v) is 4.70. The first-order valence-corrected chi connectivity index (χ1v) is 7.57. The molecule has 4 rings (SSSR count). The molecule has 102 valence electrons. The van der Waals surface area contributed by atoms with Crippen LogP contribution in [0.1, 0.15) is 36.3 Å². The summed E-state index contributed by atoms with van der Waals surface area (Å²) in [6.45, 7) is 2.35. The lowest BCUT2D eigenvalue weighted by atomic mass is 10.1. The molecule has 1 heterocycles. The van der Waals surface area contributed by atoms with E-state index < -0.39 is 0 Å². The van der Waals surface area contributed by atoms with Gasteiger partial charge in [-0.3, -0.25) is 0 Å². The molecular weight excluding hydrogens is 246 g/mol. The largest absolute Gasteiger partial charge is 0.361 e. The van der Waals surface area contributed by atoms with E-state index in [1.807, 2.05) is 18.2 Å². The maximum Gasteiger partial charge on any atom is 0.0991 e. The lowest BCUT2D eigenvalue weighted by Gasteiger charge is -2.02. The zero-order valence-corrected chi connectivity index (χ0v) is 11.5. The van der Waals surface area contributed by atoms with Crippen LogP contribution in [0, 0.1) is 23.2 Å². The number of fused-ring (bicyclic) bond motifs is 1. The van der Waals surface area contributed by atoms with Crippen molar-refractivity contribution in [2.24, 2.45) is 11.8 Å². The van der Waals surface area contributed by atoms with Crippen LogP contribution < -0.4 is 5.32 Å². The average molecular weight is 265 g/mol. The first kappa shape index (κ1) is 12.0. The molecule has 0 radical (unpaired) electrons. The summed E-state index contributed by atoms with van der Waals surface area (Å²) in [5, 5.41) is 13.9. The fourth-order valence-corrected chi connectivity index (χ4v) is 3.17. The van der Waals surface area contributed by atoms with Gasteiger partial charge in [-0.25, -0.2) is 0 Å². The van der Waals surface area contributed by atoms with Gasteiger partial charge in [-0.1, -0.05) is 0 Å². The zero-order valence-electron chi connectivity index (χ0n) is 11.5. The monoisotopic (exact) mass is 265 g/mol. The van der Waals surface area contributed by atoms with Gasteiger partial charge in [0, 0.05) is 17.1 Å². The van der Waals surface area contributed by atoms with Gasteiger partial charge in [0.05, 0.1) is 11.6 Å². The van der Waals surface area contributed by atoms with E-state index in [4.69, 9.17) is 5.26 Å². The molecule has 2 aliphatic carbocycles. The molecule has 0 spiro atoms. The number of aromatic nitrogens is 1. The van der Waals surface area contributed by atoms with Crippen molar-refractivity contribution in [2.75, 3.05) is 13.1 Å². The molecule has 0 saturated heterocycles. The highest BCUT2D eigenvalue weighted by atomic mass is 14.9. The van der Waals surface area contributed by atoms with Gasteiger partial charge in [0.25, 0.3) is 0 Å². The van der Waals surface area contributed by atoms with Crippen molar-refractivity contribution < 1.29 is 0 Å². The SMILES string of the molecule is N#Cc1ccc2[nH]cc(C3CC3CNCC3CC3)c2c1. The fraction of sp³-hybridized carbons (Fsp3) is 0.471. The number of rotatable bonds is 5. The molecule has 1 aromatic heterocycles. The Balaban J connectivity index is 1.47. The zero-order chi connectivity index (χ0) is 13.5. The predicted octanol–water partition coefficient (Wildman–Crippen LogP) is 3.14. The van der Waals surface area contributed by atoms with E-state index in [1.54, 1.807) is 0 Å². The third-order valence-electron chi connectivity index (χ3n) is 4.70. The number of aromatic amines is 1. The molecule has 0 amide bonds. The van der Waals surface area contributed by atoms with Gasteiger partial charge in [0.2, 0.25) is 0 Å². The summed E-state index contributed by atoms with van der Waals surface area (Å²) in [5.41, 5.74) is 3.30. The topological polar surface area (TPSA) is 51.6 Å². The molecule has 2 atom stereocenters. The van der Waals surface area contributed by atoms with Crippen LogP contribution in [-0.4, -0.2) is 18.1 Å². The van der Waals surface area contributed by atoms with Crippen molar-refractivity contribution in [1.82, 2.24) is 10.3 Å². The van der Waals surface area contributed by atoms with E-state index in [1.165, 1.54) is 36.8 Å². The first-order chi connectivity index (χ1) is 9.85. The molecule has 1 aromatic carbocycles. The summed E-state index contributed by atoms with van der Waals surface area (Å²) in [6, 6.07) is 8.15. The second-order valence-electron chi connectivity index (χ2n) is 6.32. The maximum absolute atomic E-state index is 9.04. The van der Waals surface area contributed by atoms with E-state index in [-0.39, 0.29) is 0 Å². The normalized spacial score (nSPS) is 24.8. The van der Waals surface area contributed by atoms with Gasteiger partial charge >= 0.3 is 0 Å². The number of hydrogen-bond acceptors (Lipinski definition) is 2. The minimum Gasteiger partial charge on any atom is -0.361 e. The van der Waals surface area contributed by atoms with Gasteiger partial charge in [-0.15, -0.1) is 0 Å². The van der Waals surface area contributed by atoms with Crippen LogP contribution in [0.2, 0.25) is 0 Å². The number of nitrogens with zero attached hydrogens (tertiary/aromatic N) is 1. The number of nitrogens with one attached hydrogen (secondary N) is 2. The van der Waals surface area contributed by atoms with Crippen molar-refractivity contribution in [3.8, 4) is 6.07 Å². The molecule has 2 unspecified atom stereocenters. The van der Waals surface area contributed by atoms with Gasteiger partial charge in [-0.05, 0) is 73.9 Å². The maximum atomic E-state index is 9.04. The highest BCUT2D eigenvalue weighted by Gasteiger charge is 2.39.